The SMILES string of the molecule is CC1=CCC[C@]2(C)O[C@H]2CCC(C)=CC=C(C(C)(C)O)CC1. The van der Waals surface area contributed by atoms with Crippen LogP contribution in [0.25, 0.3) is 0 Å². The third-order valence-electron chi connectivity index (χ3n) is 5.11. The van der Waals surface area contributed by atoms with Gasteiger partial charge in [-0.15, -0.1) is 0 Å². The fourth-order valence-corrected chi connectivity index (χ4v) is 3.19. The third-order valence-corrected chi connectivity index (χ3v) is 5.11. The number of rotatable bonds is 1. The summed E-state index contributed by atoms with van der Waals surface area (Å²) >= 11 is 0. The van der Waals surface area contributed by atoms with Crippen molar-refractivity contribution in [3.05, 3.63) is 34.9 Å². The first-order valence-electron chi connectivity index (χ1n) is 8.63. The van der Waals surface area contributed by atoms with Crippen molar-refractivity contribution in [2.45, 2.75) is 90.4 Å². The molecule has 1 saturated heterocycles. The lowest BCUT2D eigenvalue weighted by Gasteiger charge is -2.22. The molecule has 2 rings (SSSR count). The molecular formula is C20H32O2. The second-order valence-corrected chi connectivity index (χ2v) is 7.81. The molecule has 1 fully saturated rings. The van der Waals surface area contributed by atoms with Gasteiger partial charge in [-0.3, -0.25) is 0 Å². The fourth-order valence-electron chi connectivity index (χ4n) is 3.19. The molecule has 2 nitrogen and oxygen atoms in total. The number of allylic oxidation sites excluding steroid dienone is 5. The van der Waals surface area contributed by atoms with Gasteiger partial charge in [0.15, 0.2) is 0 Å². The van der Waals surface area contributed by atoms with Crippen LogP contribution < -0.4 is 0 Å². The van der Waals surface area contributed by atoms with Crippen LogP contribution in [0.5, 0.6) is 0 Å². The van der Waals surface area contributed by atoms with Gasteiger partial charge in [0.05, 0.1) is 17.3 Å². The molecule has 2 aliphatic rings. The molecule has 0 saturated carbocycles. The lowest BCUT2D eigenvalue weighted by molar-refractivity contribution is 0.116. The van der Waals surface area contributed by atoms with Crippen LogP contribution in [0.15, 0.2) is 34.9 Å². The van der Waals surface area contributed by atoms with Crippen LogP contribution in [-0.4, -0.2) is 22.4 Å². The van der Waals surface area contributed by atoms with E-state index in [2.05, 4.69) is 39.0 Å². The molecule has 2 heteroatoms. The van der Waals surface area contributed by atoms with E-state index < -0.39 is 5.60 Å². The predicted molar refractivity (Wildman–Crippen MR) is 92.9 cm³/mol. The van der Waals surface area contributed by atoms with Crippen LogP contribution in [0, 0.1) is 0 Å². The van der Waals surface area contributed by atoms with E-state index in [0.717, 1.165) is 44.1 Å². The minimum Gasteiger partial charge on any atom is -0.386 e. The molecule has 2 atom stereocenters. The van der Waals surface area contributed by atoms with E-state index in [-0.39, 0.29) is 5.60 Å². The van der Waals surface area contributed by atoms with Crippen molar-refractivity contribution in [3.8, 4) is 0 Å². The van der Waals surface area contributed by atoms with E-state index >= 15 is 0 Å². The van der Waals surface area contributed by atoms with E-state index in [9.17, 15) is 5.11 Å². The smallest absolute Gasteiger partial charge is 0.0923 e. The zero-order valence-electron chi connectivity index (χ0n) is 14.9. The number of aliphatic hydroxyl groups is 1. The summed E-state index contributed by atoms with van der Waals surface area (Å²) in [7, 11) is 0. The second-order valence-electron chi connectivity index (χ2n) is 7.81. The second kappa shape index (κ2) is 6.72. The monoisotopic (exact) mass is 304 g/mol. The van der Waals surface area contributed by atoms with Gasteiger partial charge < -0.3 is 9.84 Å². The van der Waals surface area contributed by atoms with Crippen LogP contribution in [0.4, 0.5) is 0 Å². The zero-order valence-corrected chi connectivity index (χ0v) is 14.9. The minimum atomic E-state index is -0.744. The molecule has 22 heavy (non-hydrogen) atoms. The average Bonchev–Trinajstić information content (AvgIpc) is 3.04. The molecule has 0 radical (unpaired) electrons. The van der Waals surface area contributed by atoms with Gasteiger partial charge in [-0.05, 0) is 78.7 Å². The first kappa shape index (κ1) is 17.5. The van der Waals surface area contributed by atoms with E-state index in [4.69, 9.17) is 4.74 Å². The summed E-state index contributed by atoms with van der Waals surface area (Å²) in [6, 6.07) is 0. The van der Waals surface area contributed by atoms with Gasteiger partial charge >= 0.3 is 0 Å². The maximum atomic E-state index is 10.4. The number of fused-ring (bicyclic) bond motifs is 1. The normalized spacial score (nSPS) is 31.4. The van der Waals surface area contributed by atoms with Gasteiger partial charge in [-0.2, -0.15) is 0 Å². The van der Waals surface area contributed by atoms with Crippen molar-refractivity contribution in [1.82, 2.24) is 0 Å². The molecule has 0 aromatic rings. The van der Waals surface area contributed by atoms with Crippen molar-refractivity contribution < 1.29 is 9.84 Å². The maximum Gasteiger partial charge on any atom is 0.0923 e. The molecule has 0 spiro atoms. The molecule has 0 aromatic carbocycles. The Bertz CT molecular complexity index is 490. The molecule has 1 aliphatic heterocycles. The molecule has 1 heterocycles. The van der Waals surface area contributed by atoms with Gasteiger partial charge in [0.2, 0.25) is 0 Å². The molecular weight excluding hydrogens is 272 g/mol. The van der Waals surface area contributed by atoms with Crippen molar-refractivity contribution in [1.29, 1.82) is 0 Å². The van der Waals surface area contributed by atoms with E-state index in [1.807, 2.05) is 13.8 Å². The van der Waals surface area contributed by atoms with Crippen LogP contribution in [-0.2, 0) is 4.74 Å². The Morgan fingerprint density at radius 1 is 1.14 bits per heavy atom. The van der Waals surface area contributed by atoms with Crippen molar-refractivity contribution in [2.75, 3.05) is 0 Å². The third kappa shape index (κ3) is 4.82. The van der Waals surface area contributed by atoms with Crippen LogP contribution >= 0.6 is 0 Å². The maximum absolute atomic E-state index is 10.4. The summed E-state index contributed by atoms with van der Waals surface area (Å²) in [6.45, 7) is 10.4. The molecule has 124 valence electrons. The summed E-state index contributed by atoms with van der Waals surface area (Å²) in [5.74, 6) is 0. The Labute approximate surface area is 136 Å². The summed E-state index contributed by atoms with van der Waals surface area (Å²) < 4.78 is 5.93. The van der Waals surface area contributed by atoms with Gasteiger partial charge in [0, 0.05) is 0 Å². The lowest BCUT2D eigenvalue weighted by Crippen LogP contribution is -2.22. The average molecular weight is 304 g/mol. The van der Waals surface area contributed by atoms with Crippen LogP contribution in [0.3, 0.4) is 0 Å². The largest absolute Gasteiger partial charge is 0.386 e. The quantitative estimate of drug-likeness (QED) is 0.541. The topological polar surface area (TPSA) is 32.8 Å². The standard InChI is InChI=1S/C20H32O2/c1-15-7-6-14-20(5)18(22-20)13-10-16(2)9-12-17(11-8-15)19(3,4)21/h7,9,12,18,21H,6,8,10-11,13-14H2,1-5H3/t18-,20-/m0/s1. The zero-order chi connectivity index (χ0) is 16.4. The molecule has 0 unspecified atom stereocenters. The highest BCUT2D eigenvalue weighted by atomic mass is 16.6. The number of ether oxygens (including phenoxy) is 1. The highest BCUT2D eigenvalue weighted by Gasteiger charge is 2.50. The van der Waals surface area contributed by atoms with Gasteiger partial charge in [0.1, 0.15) is 0 Å². The molecule has 0 bridgehead atoms. The summed E-state index contributed by atoms with van der Waals surface area (Å²) in [4.78, 5) is 0. The molecule has 0 aromatic heterocycles. The Kier molecular flexibility index (Phi) is 5.34. The molecule has 1 aliphatic carbocycles. The van der Waals surface area contributed by atoms with Gasteiger partial charge in [-0.1, -0.05) is 29.4 Å². The highest BCUT2D eigenvalue weighted by molar-refractivity contribution is 5.24. The Hall–Kier alpha value is -0.860. The van der Waals surface area contributed by atoms with Gasteiger partial charge in [0.25, 0.3) is 0 Å². The molecule has 1 N–H and O–H groups in total. The first-order chi connectivity index (χ1) is 10.2. The fraction of sp³-hybridized carbons (Fsp3) is 0.700. The van der Waals surface area contributed by atoms with E-state index in [1.165, 1.54) is 11.1 Å². The Morgan fingerprint density at radius 3 is 2.55 bits per heavy atom. The van der Waals surface area contributed by atoms with Crippen molar-refractivity contribution in [3.63, 3.8) is 0 Å². The lowest BCUT2D eigenvalue weighted by atomic mass is 9.90. The van der Waals surface area contributed by atoms with E-state index in [0.29, 0.717) is 6.10 Å². The summed E-state index contributed by atoms with van der Waals surface area (Å²) in [5, 5.41) is 10.4. The van der Waals surface area contributed by atoms with Crippen LogP contribution in [0.1, 0.15) is 73.1 Å². The minimum absolute atomic E-state index is 0.106. The Balaban J connectivity index is 2.16. The van der Waals surface area contributed by atoms with Crippen LogP contribution in [0.2, 0.25) is 0 Å². The van der Waals surface area contributed by atoms with Crippen molar-refractivity contribution in [2.24, 2.45) is 0 Å². The first-order valence-corrected chi connectivity index (χ1v) is 8.63. The van der Waals surface area contributed by atoms with E-state index in [1.54, 1.807) is 0 Å². The number of hydrogen-bond donors (Lipinski definition) is 1. The number of hydrogen-bond acceptors (Lipinski definition) is 2. The summed E-state index contributed by atoms with van der Waals surface area (Å²) in [6.07, 6.45) is 13.4. The Morgan fingerprint density at radius 2 is 1.86 bits per heavy atom. The van der Waals surface area contributed by atoms with Gasteiger partial charge in [-0.25, -0.2) is 0 Å². The summed E-state index contributed by atoms with van der Waals surface area (Å²) in [5.41, 5.74) is 3.25. The highest BCUT2D eigenvalue weighted by Crippen LogP contribution is 2.43. The number of epoxide rings is 1. The predicted octanol–water partition coefficient (Wildman–Crippen LogP) is 5.09. The molecule has 0 amide bonds. The van der Waals surface area contributed by atoms with Crippen molar-refractivity contribution >= 4 is 0 Å².